The van der Waals surface area contributed by atoms with Gasteiger partial charge in [-0.25, -0.2) is 4.39 Å². The fraction of sp³-hybridized carbons (Fsp3) is 0.379. The summed E-state index contributed by atoms with van der Waals surface area (Å²) in [6.07, 6.45) is 6.53. The van der Waals surface area contributed by atoms with Gasteiger partial charge < -0.3 is 14.2 Å². The van der Waals surface area contributed by atoms with Crippen LogP contribution in [0.15, 0.2) is 54.6 Å². The minimum absolute atomic E-state index is 0.180. The summed E-state index contributed by atoms with van der Waals surface area (Å²) < 4.78 is 30.7. The van der Waals surface area contributed by atoms with Crippen LogP contribution in [0, 0.1) is 5.82 Å². The lowest BCUT2D eigenvalue weighted by Gasteiger charge is -2.39. The van der Waals surface area contributed by atoms with Crippen molar-refractivity contribution in [2.24, 2.45) is 0 Å². The normalized spacial score (nSPS) is 21.9. The smallest absolute Gasteiger partial charge is 0.308 e. The van der Waals surface area contributed by atoms with Crippen molar-refractivity contribution in [1.29, 1.82) is 0 Å². The Morgan fingerprint density at radius 3 is 2.60 bits per heavy atom. The fourth-order valence-electron chi connectivity index (χ4n) is 4.87. The number of fused-ring (bicyclic) bond motifs is 1. The number of hydrogen-bond acceptors (Lipinski definition) is 5. The summed E-state index contributed by atoms with van der Waals surface area (Å²) in [4.78, 5) is 16.9. The second-order valence-electron chi connectivity index (χ2n) is 9.76. The van der Waals surface area contributed by atoms with Crippen molar-refractivity contribution in [3.63, 3.8) is 0 Å². The molecule has 0 bridgehead atoms. The minimum atomic E-state index is -0.827. The summed E-state index contributed by atoms with van der Waals surface area (Å²) in [6.45, 7) is 3.71. The van der Waals surface area contributed by atoms with Gasteiger partial charge in [-0.15, -0.1) is 0 Å². The van der Waals surface area contributed by atoms with E-state index < -0.39 is 5.79 Å². The number of esters is 1. The summed E-state index contributed by atoms with van der Waals surface area (Å²) in [7, 11) is 1.38. The van der Waals surface area contributed by atoms with Crippen LogP contribution in [-0.2, 0) is 19.0 Å². The summed E-state index contributed by atoms with van der Waals surface area (Å²) in [5.74, 6) is -0.977. The van der Waals surface area contributed by atoms with Gasteiger partial charge in [-0.2, -0.15) is 0 Å². The molecule has 2 fully saturated rings. The zero-order chi connectivity index (χ0) is 24.6. The highest BCUT2D eigenvalue weighted by Gasteiger charge is 2.36. The van der Waals surface area contributed by atoms with Crippen LogP contribution in [0.25, 0.3) is 28.1 Å². The maximum Gasteiger partial charge on any atom is 0.308 e. The molecule has 182 valence electrons. The molecule has 1 saturated heterocycles. The number of halogens is 1. The first kappa shape index (κ1) is 23.6. The van der Waals surface area contributed by atoms with E-state index in [1.807, 2.05) is 50.3 Å². The molecule has 3 aromatic rings. The van der Waals surface area contributed by atoms with E-state index in [9.17, 15) is 9.18 Å². The fourth-order valence-corrected chi connectivity index (χ4v) is 4.87. The number of rotatable bonds is 6. The van der Waals surface area contributed by atoms with E-state index in [0.717, 1.165) is 46.1 Å². The highest BCUT2D eigenvalue weighted by Crippen LogP contribution is 2.45. The molecule has 2 aromatic carbocycles. The Hall–Kier alpha value is -3.09. The van der Waals surface area contributed by atoms with E-state index in [1.165, 1.54) is 19.2 Å². The topological polar surface area (TPSA) is 57.7 Å². The van der Waals surface area contributed by atoms with E-state index in [-0.39, 0.29) is 30.4 Å². The first-order chi connectivity index (χ1) is 16.8. The maximum atomic E-state index is 13.8. The summed E-state index contributed by atoms with van der Waals surface area (Å²) in [5, 5.41) is 1.03. The Bertz CT molecular complexity index is 1260. The van der Waals surface area contributed by atoms with Gasteiger partial charge in [0, 0.05) is 28.9 Å². The van der Waals surface area contributed by atoms with Crippen LogP contribution in [-0.4, -0.2) is 36.1 Å². The number of para-hydroxylation sites is 1. The summed E-state index contributed by atoms with van der Waals surface area (Å²) in [6, 6.07) is 14.7. The number of aromatic nitrogens is 1. The zero-order valence-electron chi connectivity index (χ0n) is 20.3. The monoisotopic (exact) mass is 475 g/mol. The Balaban J connectivity index is 1.58. The van der Waals surface area contributed by atoms with Gasteiger partial charge in [0.15, 0.2) is 5.79 Å². The van der Waals surface area contributed by atoms with E-state index in [0.29, 0.717) is 12.3 Å². The molecular formula is C29H30FNO4. The predicted molar refractivity (Wildman–Crippen MR) is 133 cm³/mol. The third kappa shape index (κ3) is 5.29. The Kier molecular flexibility index (Phi) is 6.43. The minimum Gasteiger partial charge on any atom is -0.469 e. The van der Waals surface area contributed by atoms with Gasteiger partial charge in [0.2, 0.25) is 0 Å². The largest absolute Gasteiger partial charge is 0.469 e. The Morgan fingerprint density at radius 1 is 1.14 bits per heavy atom. The quantitative estimate of drug-likeness (QED) is 0.386. The highest BCUT2D eigenvalue weighted by molar-refractivity contribution is 5.99. The molecule has 1 aliphatic carbocycles. The van der Waals surface area contributed by atoms with Gasteiger partial charge in [-0.3, -0.25) is 9.78 Å². The number of ether oxygens (including phenoxy) is 3. The van der Waals surface area contributed by atoms with Gasteiger partial charge in [0.25, 0.3) is 0 Å². The molecule has 1 aromatic heterocycles. The third-order valence-corrected chi connectivity index (χ3v) is 6.54. The molecule has 0 spiro atoms. The molecule has 6 heteroatoms. The number of carbonyl (C=O) groups is 1. The van der Waals surface area contributed by atoms with Crippen molar-refractivity contribution < 1.29 is 23.4 Å². The van der Waals surface area contributed by atoms with Gasteiger partial charge in [-0.05, 0) is 50.5 Å². The lowest BCUT2D eigenvalue weighted by molar-refractivity contribution is -0.290. The van der Waals surface area contributed by atoms with Crippen LogP contribution < -0.4 is 0 Å². The number of carbonyl (C=O) groups excluding carboxylic acids is 1. The number of pyridine rings is 1. The van der Waals surface area contributed by atoms with E-state index in [4.69, 9.17) is 19.2 Å². The second-order valence-corrected chi connectivity index (χ2v) is 9.76. The number of benzene rings is 2. The molecular weight excluding hydrogens is 445 g/mol. The maximum absolute atomic E-state index is 13.8. The molecule has 1 saturated carbocycles. The van der Waals surface area contributed by atoms with Crippen LogP contribution in [0.4, 0.5) is 4.39 Å². The summed E-state index contributed by atoms with van der Waals surface area (Å²) in [5.41, 5.74) is 5.04. The van der Waals surface area contributed by atoms with Crippen molar-refractivity contribution in [2.45, 2.75) is 63.4 Å². The molecule has 2 unspecified atom stereocenters. The van der Waals surface area contributed by atoms with Gasteiger partial charge in [0.05, 0.1) is 36.9 Å². The first-order valence-electron chi connectivity index (χ1n) is 12.1. The molecule has 2 atom stereocenters. The zero-order valence-corrected chi connectivity index (χ0v) is 20.3. The van der Waals surface area contributed by atoms with Crippen LogP contribution in [0.1, 0.15) is 56.7 Å². The average molecular weight is 476 g/mol. The third-order valence-electron chi connectivity index (χ3n) is 6.54. The molecule has 5 nitrogen and oxygen atoms in total. The number of nitrogens with zero attached hydrogens (tertiary/aromatic N) is 1. The summed E-state index contributed by atoms with van der Waals surface area (Å²) >= 11 is 0. The van der Waals surface area contributed by atoms with Crippen LogP contribution >= 0.6 is 0 Å². The molecule has 0 radical (unpaired) electrons. The lowest BCUT2D eigenvalue weighted by Crippen LogP contribution is -2.44. The van der Waals surface area contributed by atoms with Crippen molar-refractivity contribution in [3.8, 4) is 11.1 Å². The lowest BCUT2D eigenvalue weighted by atomic mass is 9.92. The van der Waals surface area contributed by atoms with Crippen molar-refractivity contribution in [2.75, 3.05) is 7.11 Å². The van der Waals surface area contributed by atoms with Crippen molar-refractivity contribution in [3.05, 3.63) is 71.7 Å². The van der Waals surface area contributed by atoms with Gasteiger partial charge in [-0.1, -0.05) is 42.5 Å². The van der Waals surface area contributed by atoms with E-state index >= 15 is 0 Å². The first-order valence-corrected chi connectivity index (χ1v) is 12.1. The van der Waals surface area contributed by atoms with Crippen molar-refractivity contribution in [1.82, 2.24) is 4.98 Å². The molecule has 1 aliphatic heterocycles. The Labute approximate surface area is 204 Å². The second kappa shape index (κ2) is 9.51. The van der Waals surface area contributed by atoms with Gasteiger partial charge in [0.1, 0.15) is 5.82 Å². The number of hydrogen-bond donors (Lipinski definition) is 0. The molecule has 5 rings (SSSR count). The predicted octanol–water partition coefficient (Wildman–Crippen LogP) is 6.40. The standard InChI is InChI=1S/C29H30FNO4/c1-29(2)34-21(16-22(35-29)17-26(32)33-3)14-15-24-27(18-10-12-20(30)13-11-18)23-6-4-5-7-25(23)31-28(24)19-8-9-19/h4-7,10-15,19,21-22H,8-9,16-17H2,1-3H3. The van der Waals surface area contributed by atoms with E-state index in [2.05, 4.69) is 12.1 Å². The van der Waals surface area contributed by atoms with Crippen LogP contribution in [0.3, 0.4) is 0 Å². The van der Waals surface area contributed by atoms with E-state index in [1.54, 1.807) is 0 Å². The molecule has 35 heavy (non-hydrogen) atoms. The Morgan fingerprint density at radius 2 is 1.89 bits per heavy atom. The van der Waals surface area contributed by atoms with Crippen LogP contribution in [0.2, 0.25) is 0 Å². The average Bonchev–Trinajstić information content (AvgIpc) is 3.67. The van der Waals surface area contributed by atoms with Crippen molar-refractivity contribution >= 4 is 22.9 Å². The molecule has 2 heterocycles. The SMILES string of the molecule is COC(=O)CC1CC(C=Cc2c(C3CC3)nc3ccccc3c2-c2ccc(F)cc2)OC(C)(C)O1. The molecule has 0 N–H and O–H groups in total. The highest BCUT2D eigenvalue weighted by atomic mass is 19.1. The van der Waals surface area contributed by atoms with Gasteiger partial charge >= 0.3 is 5.97 Å². The number of methoxy groups -OCH3 is 1. The van der Waals surface area contributed by atoms with Crippen LogP contribution in [0.5, 0.6) is 0 Å². The molecule has 0 amide bonds. The molecule has 2 aliphatic rings.